The fraction of sp³-hybridized carbons (Fsp3) is 0.115. The third kappa shape index (κ3) is 4.03. The van der Waals surface area contributed by atoms with Crippen LogP contribution in [0.1, 0.15) is 27.2 Å². The Balaban J connectivity index is 1.97. The van der Waals surface area contributed by atoms with Crippen molar-refractivity contribution in [2.24, 2.45) is 0 Å². The van der Waals surface area contributed by atoms with E-state index < -0.39 is 0 Å². The van der Waals surface area contributed by atoms with Gasteiger partial charge in [0.1, 0.15) is 11.5 Å². The first-order valence-electron chi connectivity index (χ1n) is 10.1. The van der Waals surface area contributed by atoms with Gasteiger partial charge in [-0.2, -0.15) is 5.10 Å². The second-order valence-corrected chi connectivity index (χ2v) is 7.52. The molecular formula is C26H23N3O2. The van der Waals surface area contributed by atoms with Gasteiger partial charge >= 0.3 is 0 Å². The average molecular weight is 409 g/mol. The van der Waals surface area contributed by atoms with Crippen molar-refractivity contribution in [2.45, 2.75) is 20.8 Å². The van der Waals surface area contributed by atoms with Crippen molar-refractivity contribution in [1.82, 2.24) is 9.78 Å². The topological polar surface area (TPSA) is 64.0 Å². The lowest BCUT2D eigenvalue weighted by Crippen LogP contribution is -2.25. The quantitative estimate of drug-likeness (QED) is 0.511. The number of benzene rings is 3. The number of amides is 1. The third-order valence-corrected chi connectivity index (χ3v) is 5.22. The van der Waals surface area contributed by atoms with E-state index in [0.717, 1.165) is 22.4 Å². The minimum Gasteiger partial charge on any atom is -0.306 e. The summed E-state index contributed by atoms with van der Waals surface area (Å²) in [5.41, 5.74) is 4.52. The summed E-state index contributed by atoms with van der Waals surface area (Å²) in [6, 6.07) is 24.5. The molecule has 1 amide bonds. The highest BCUT2D eigenvalue weighted by molar-refractivity contribution is 6.06. The number of anilines is 1. The van der Waals surface area contributed by atoms with E-state index in [1.807, 2.05) is 86.6 Å². The van der Waals surface area contributed by atoms with E-state index in [4.69, 9.17) is 0 Å². The zero-order valence-electron chi connectivity index (χ0n) is 17.7. The van der Waals surface area contributed by atoms with Gasteiger partial charge in [0.2, 0.25) is 5.43 Å². The molecule has 0 atom stereocenters. The molecule has 0 unspecified atom stereocenters. The summed E-state index contributed by atoms with van der Waals surface area (Å²) < 4.78 is 1.63. The molecule has 0 bridgehead atoms. The Morgan fingerprint density at radius 2 is 1.48 bits per heavy atom. The molecule has 0 spiro atoms. The van der Waals surface area contributed by atoms with Gasteiger partial charge in [-0.05, 0) is 50.1 Å². The molecule has 1 aromatic heterocycles. The van der Waals surface area contributed by atoms with Gasteiger partial charge in [0.25, 0.3) is 5.91 Å². The van der Waals surface area contributed by atoms with E-state index in [2.05, 4.69) is 10.4 Å². The van der Waals surface area contributed by atoms with E-state index >= 15 is 0 Å². The van der Waals surface area contributed by atoms with Gasteiger partial charge < -0.3 is 5.32 Å². The summed E-state index contributed by atoms with van der Waals surface area (Å²) in [5, 5.41) is 7.48. The van der Waals surface area contributed by atoms with E-state index in [0.29, 0.717) is 22.6 Å². The lowest BCUT2D eigenvalue weighted by Gasteiger charge is -2.19. The highest BCUT2D eigenvalue weighted by Crippen LogP contribution is 2.28. The molecule has 4 rings (SSSR count). The number of nitrogens with zero attached hydrogens (tertiary/aromatic N) is 2. The van der Waals surface area contributed by atoms with Gasteiger partial charge in [-0.1, -0.05) is 66.2 Å². The molecule has 1 heterocycles. The molecule has 0 fully saturated rings. The highest BCUT2D eigenvalue weighted by Gasteiger charge is 2.21. The zero-order chi connectivity index (χ0) is 22.0. The lowest BCUT2D eigenvalue weighted by molar-refractivity contribution is 0.102. The Labute approximate surface area is 181 Å². The molecule has 4 aromatic rings. The normalized spacial score (nSPS) is 10.7. The van der Waals surface area contributed by atoms with Gasteiger partial charge in [-0.15, -0.1) is 0 Å². The number of para-hydroxylation sites is 1. The summed E-state index contributed by atoms with van der Waals surface area (Å²) in [6.45, 7) is 5.56. The van der Waals surface area contributed by atoms with Crippen LogP contribution in [0.25, 0.3) is 16.8 Å². The first-order chi connectivity index (χ1) is 15.0. The van der Waals surface area contributed by atoms with E-state index in [1.165, 1.54) is 0 Å². The van der Waals surface area contributed by atoms with Gasteiger partial charge in [-0.25, -0.2) is 4.68 Å². The minimum absolute atomic E-state index is 0.212. The molecule has 0 saturated carbocycles. The smallest absolute Gasteiger partial charge is 0.257 e. The Kier molecular flexibility index (Phi) is 5.50. The van der Waals surface area contributed by atoms with Crippen molar-refractivity contribution >= 4 is 11.7 Å². The van der Waals surface area contributed by atoms with E-state index in [9.17, 15) is 9.59 Å². The summed E-state index contributed by atoms with van der Waals surface area (Å²) >= 11 is 0. The Morgan fingerprint density at radius 3 is 2.16 bits per heavy atom. The number of hydrogen-bond donors (Lipinski definition) is 1. The van der Waals surface area contributed by atoms with Crippen molar-refractivity contribution in [3.05, 3.63) is 111 Å². The summed E-state index contributed by atoms with van der Waals surface area (Å²) in [7, 11) is 0. The molecule has 0 radical (unpaired) electrons. The number of carbonyl (C=O) groups is 1. The fourth-order valence-electron chi connectivity index (χ4n) is 3.50. The van der Waals surface area contributed by atoms with Crippen LogP contribution >= 0.6 is 0 Å². The standard InChI is InChI=1S/C26H23N3O2/c1-17-13-15-20(16-14-17)23-24(30)19(3)28-29(21-10-5-4-6-11-21)25(23)27-26(31)22-12-8-7-9-18(22)2/h4-16H,1-3H3,(H,27,31). The fourth-order valence-corrected chi connectivity index (χ4v) is 3.50. The van der Waals surface area contributed by atoms with Crippen LogP contribution in [-0.4, -0.2) is 15.7 Å². The van der Waals surface area contributed by atoms with Gasteiger partial charge in [0, 0.05) is 5.56 Å². The first kappa shape index (κ1) is 20.3. The van der Waals surface area contributed by atoms with Crippen molar-refractivity contribution < 1.29 is 4.79 Å². The van der Waals surface area contributed by atoms with Crippen LogP contribution in [0.2, 0.25) is 0 Å². The molecule has 154 valence electrons. The van der Waals surface area contributed by atoms with Crippen molar-refractivity contribution in [3.63, 3.8) is 0 Å². The number of carbonyl (C=O) groups excluding carboxylic acids is 1. The molecular weight excluding hydrogens is 386 g/mol. The maximum atomic E-state index is 13.2. The molecule has 0 aliphatic carbocycles. The predicted octanol–water partition coefficient (Wildman–Crippen LogP) is 5.08. The molecule has 5 heteroatoms. The summed E-state index contributed by atoms with van der Waals surface area (Å²) in [4.78, 5) is 26.4. The Morgan fingerprint density at radius 1 is 0.839 bits per heavy atom. The Hall–Kier alpha value is -3.99. The van der Waals surface area contributed by atoms with E-state index in [-0.39, 0.29) is 11.3 Å². The average Bonchev–Trinajstić information content (AvgIpc) is 2.78. The number of hydrogen-bond acceptors (Lipinski definition) is 3. The van der Waals surface area contributed by atoms with Crippen LogP contribution in [0.15, 0.2) is 83.7 Å². The molecule has 0 aliphatic rings. The van der Waals surface area contributed by atoms with E-state index in [1.54, 1.807) is 17.7 Å². The zero-order valence-corrected chi connectivity index (χ0v) is 17.7. The van der Waals surface area contributed by atoms with Crippen molar-refractivity contribution in [2.75, 3.05) is 5.32 Å². The molecule has 5 nitrogen and oxygen atoms in total. The number of aryl methyl sites for hydroxylation is 3. The lowest BCUT2D eigenvalue weighted by atomic mass is 10.0. The number of rotatable bonds is 4. The van der Waals surface area contributed by atoms with Crippen LogP contribution in [-0.2, 0) is 0 Å². The highest BCUT2D eigenvalue weighted by atomic mass is 16.2. The predicted molar refractivity (Wildman–Crippen MR) is 124 cm³/mol. The first-order valence-corrected chi connectivity index (χ1v) is 10.1. The SMILES string of the molecule is Cc1ccc(-c2c(NC(=O)c3ccccc3C)n(-c3ccccc3)nc(C)c2=O)cc1. The molecule has 0 saturated heterocycles. The molecule has 1 N–H and O–H groups in total. The summed E-state index contributed by atoms with van der Waals surface area (Å²) in [6.07, 6.45) is 0. The van der Waals surface area contributed by atoms with Crippen molar-refractivity contribution in [3.8, 4) is 16.8 Å². The third-order valence-electron chi connectivity index (χ3n) is 5.22. The maximum Gasteiger partial charge on any atom is 0.257 e. The molecule has 0 aliphatic heterocycles. The van der Waals surface area contributed by atoms with Crippen LogP contribution in [0, 0.1) is 20.8 Å². The van der Waals surface area contributed by atoms with Crippen LogP contribution in [0.4, 0.5) is 5.82 Å². The summed E-state index contributed by atoms with van der Waals surface area (Å²) in [5.74, 6) is 0.0556. The minimum atomic E-state index is -0.291. The number of aromatic nitrogens is 2. The van der Waals surface area contributed by atoms with Crippen LogP contribution < -0.4 is 10.7 Å². The number of nitrogens with one attached hydrogen (secondary N) is 1. The van der Waals surface area contributed by atoms with Crippen molar-refractivity contribution in [1.29, 1.82) is 0 Å². The second-order valence-electron chi connectivity index (χ2n) is 7.52. The van der Waals surface area contributed by atoms with Crippen LogP contribution in [0.5, 0.6) is 0 Å². The largest absolute Gasteiger partial charge is 0.306 e. The molecule has 3 aromatic carbocycles. The van der Waals surface area contributed by atoms with Gasteiger partial charge in [-0.3, -0.25) is 9.59 Å². The Bertz CT molecular complexity index is 1310. The van der Waals surface area contributed by atoms with Gasteiger partial charge in [0.15, 0.2) is 0 Å². The molecule has 31 heavy (non-hydrogen) atoms. The van der Waals surface area contributed by atoms with Crippen LogP contribution in [0.3, 0.4) is 0 Å². The maximum absolute atomic E-state index is 13.2. The second kappa shape index (κ2) is 8.40. The monoisotopic (exact) mass is 409 g/mol. The van der Waals surface area contributed by atoms with Gasteiger partial charge in [0.05, 0.1) is 11.3 Å².